The van der Waals surface area contributed by atoms with E-state index < -0.39 is 11.5 Å². The van der Waals surface area contributed by atoms with Crippen LogP contribution in [0.25, 0.3) is 0 Å². The fourth-order valence-corrected chi connectivity index (χ4v) is 8.31. The Morgan fingerprint density at radius 1 is 1.07 bits per heavy atom. The summed E-state index contributed by atoms with van der Waals surface area (Å²) >= 11 is 0. The Kier molecular flexibility index (Phi) is 4.92. The molecule has 0 saturated heterocycles. The van der Waals surface area contributed by atoms with Gasteiger partial charge in [0.05, 0.1) is 12.7 Å². The fraction of sp³-hybridized carbons (Fsp3) is 0.833. The zero-order chi connectivity index (χ0) is 21.2. The van der Waals surface area contributed by atoms with E-state index in [2.05, 4.69) is 20.4 Å². The van der Waals surface area contributed by atoms with Gasteiger partial charge >= 0.3 is 11.9 Å². The number of aliphatic hydroxyl groups excluding tert-OH is 1. The number of aliphatic hydroxyl groups is 1. The molecule has 1 spiro atoms. The number of fused-ring (bicyclic) bond motifs is 3. The predicted molar refractivity (Wildman–Crippen MR) is 109 cm³/mol. The molecule has 1 N–H and O–H groups in total. The monoisotopic (exact) mass is 404 g/mol. The number of hydrogen-bond donors (Lipinski definition) is 1. The summed E-state index contributed by atoms with van der Waals surface area (Å²) in [5, 5.41) is 11.4. The summed E-state index contributed by atoms with van der Waals surface area (Å²) in [6.07, 6.45) is 6.13. The van der Waals surface area contributed by atoms with Gasteiger partial charge in [0.25, 0.3) is 0 Å². The van der Waals surface area contributed by atoms with Crippen molar-refractivity contribution in [2.75, 3.05) is 6.61 Å². The molecule has 29 heavy (non-hydrogen) atoms. The second kappa shape index (κ2) is 6.83. The highest BCUT2D eigenvalue weighted by atomic mass is 16.5. The third-order valence-electron chi connectivity index (χ3n) is 9.30. The van der Waals surface area contributed by atoms with Gasteiger partial charge in [-0.05, 0) is 61.3 Å². The summed E-state index contributed by atoms with van der Waals surface area (Å²) in [6.45, 7) is 12.3. The third kappa shape index (κ3) is 2.83. The predicted octanol–water partition coefficient (Wildman–Crippen LogP) is 4.03. The van der Waals surface area contributed by atoms with Crippen LogP contribution >= 0.6 is 0 Å². The summed E-state index contributed by atoms with van der Waals surface area (Å²) in [5.41, 5.74) is 0.474. The first-order chi connectivity index (χ1) is 13.6. The van der Waals surface area contributed by atoms with Crippen molar-refractivity contribution in [2.24, 2.45) is 34.0 Å². The molecule has 0 amide bonds. The van der Waals surface area contributed by atoms with Crippen molar-refractivity contribution in [1.29, 1.82) is 0 Å². The average molecular weight is 405 g/mol. The standard InChI is InChI=1S/C24H36O5/c1-14-17-7-8-19-23(5)11-6-10-22(4,13-28-15(2)25)18(23)9-12-24(19,20(17)27)21(14)29-16(3)26/h17-21,27H,1,6-13H2,2-5H3/t17-,18+,19-,20?,21-,22+,23+,24-/m0/s1. The Morgan fingerprint density at radius 3 is 2.45 bits per heavy atom. The smallest absolute Gasteiger partial charge is 0.303 e. The highest BCUT2D eigenvalue weighted by Crippen LogP contribution is 2.72. The highest BCUT2D eigenvalue weighted by Gasteiger charge is 2.71. The second-order valence-electron chi connectivity index (χ2n) is 10.7. The van der Waals surface area contributed by atoms with Crippen LogP contribution in [0.2, 0.25) is 0 Å². The summed E-state index contributed by atoms with van der Waals surface area (Å²) in [6, 6.07) is 0. The molecule has 0 aliphatic heterocycles. The van der Waals surface area contributed by atoms with E-state index in [0.717, 1.165) is 50.5 Å². The van der Waals surface area contributed by atoms with Crippen LogP contribution < -0.4 is 0 Å². The highest BCUT2D eigenvalue weighted by molar-refractivity contribution is 5.67. The molecule has 0 aromatic carbocycles. The molecule has 1 unspecified atom stereocenters. The van der Waals surface area contributed by atoms with Gasteiger partial charge in [0.2, 0.25) is 0 Å². The molecular weight excluding hydrogens is 368 g/mol. The topological polar surface area (TPSA) is 72.8 Å². The minimum atomic E-state index is -0.488. The first-order valence-electron chi connectivity index (χ1n) is 11.2. The van der Waals surface area contributed by atoms with Gasteiger partial charge in [-0.15, -0.1) is 0 Å². The third-order valence-corrected chi connectivity index (χ3v) is 9.30. The van der Waals surface area contributed by atoms with Crippen LogP contribution in [-0.4, -0.2) is 35.9 Å². The molecule has 0 radical (unpaired) electrons. The van der Waals surface area contributed by atoms with Crippen molar-refractivity contribution in [3.8, 4) is 0 Å². The lowest BCUT2D eigenvalue weighted by atomic mass is 9.40. The van der Waals surface area contributed by atoms with E-state index in [1.165, 1.54) is 13.8 Å². The van der Waals surface area contributed by atoms with Crippen LogP contribution in [0.5, 0.6) is 0 Å². The van der Waals surface area contributed by atoms with Crippen LogP contribution in [0.1, 0.15) is 72.6 Å². The van der Waals surface area contributed by atoms with E-state index >= 15 is 0 Å². The first-order valence-corrected chi connectivity index (χ1v) is 11.2. The second-order valence-corrected chi connectivity index (χ2v) is 10.7. The van der Waals surface area contributed by atoms with Crippen LogP contribution in [-0.2, 0) is 19.1 Å². The Morgan fingerprint density at radius 2 is 1.79 bits per heavy atom. The Balaban J connectivity index is 1.73. The number of carbonyl (C=O) groups is 2. The van der Waals surface area contributed by atoms with Gasteiger partial charge in [-0.1, -0.05) is 26.8 Å². The van der Waals surface area contributed by atoms with Crippen molar-refractivity contribution >= 4 is 11.9 Å². The number of ether oxygens (including phenoxy) is 2. The molecule has 8 atom stereocenters. The number of esters is 2. The zero-order valence-corrected chi connectivity index (χ0v) is 18.3. The lowest BCUT2D eigenvalue weighted by molar-refractivity contribution is -0.219. The van der Waals surface area contributed by atoms with Crippen molar-refractivity contribution in [3.63, 3.8) is 0 Å². The van der Waals surface area contributed by atoms with Gasteiger partial charge in [-0.3, -0.25) is 9.59 Å². The Bertz CT molecular complexity index is 731. The summed E-state index contributed by atoms with van der Waals surface area (Å²) < 4.78 is 11.4. The molecule has 4 saturated carbocycles. The van der Waals surface area contributed by atoms with Crippen molar-refractivity contribution in [3.05, 3.63) is 12.2 Å². The molecule has 0 aromatic heterocycles. The number of carbonyl (C=O) groups excluding carboxylic acids is 2. The molecule has 0 aromatic rings. The van der Waals surface area contributed by atoms with E-state index in [1.54, 1.807) is 0 Å². The lowest BCUT2D eigenvalue weighted by Gasteiger charge is -2.65. The Hall–Kier alpha value is -1.36. The molecule has 2 bridgehead atoms. The van der Waals surface area contributed by atoms with Crippen LogP contribution in [0, 0.1) is 34.0 Å². The number of hydrogen-bond acceptors (Lipinski definition) is 5. The SMILES string of the molecule is C=C1[C@@H]2CC[C@H]3[C@]4(C)CCC[C@](C)(COC(C)=O)[C@H]4CC[C@]3(C2O)[C@H]1OC(C)=O. The van der Waals surface area contributed by atoms with Gasteiger partial charge in [0.15, 0.2) is 0 Å². The van der Waals surface area contributed by atoms with E-state index in [4.69, 9.17) is 9.47 Å². The molecule has 0 heterocycles. The molecule has 4 rings (SSSR count). The molecule has 5 nitrogen and oxygen atoms in total. The molecule has 4 aliphatic rings. The molecule has 4 fully saturated rings. The van der Waals surface area contributed by atoms with Crippen molar-refractivity contribution < 1.29 is 24.2 Å². The Labute approximate surface area is 174 Å². The molecule has 5 heteroatoms. The van der Waals surface area contributed by atoms with Crippen molar-refractivity contribution in [2.45, 2.75) is 84.8 Å². The van der Waals surface area contributed by atoms with E-state index in [-0.39, 0.29) is 40.7 Å². The van der Waals surface area contributed by atoms with Crippen LogP contribution in [0.3, 0.4) is 0 Å². The van der Waals surface area contributed by atoms with Gasteiger partial charge < -0.3 is 14.6 Å². The van der Waals surface area contributed by atoms with Gasteiger partial charge in [-0.25, -0.2) is 0 Å². The zero-order valence-electron chi connectivity index (χ0n) is 18.3. The summed E-state index contributed by atoms with van der Waals surface area (Å²) in [4.78, 5) is 23.4. The molecule has 162 valence electrons. The molecule has 4 aliphatic carbocycles. The van der Waals surface area contributed by atoms with Crippen LogP contribution in [0.4, 0.5) is 0 Å². The van der Waals surface area contributed by atoms with E-state index in [1.807, 2.05) is 0 Å². The normalized spacial score (nSPS) is 48.4. The van der Waals surface area contributed by atoms with Crippen molar-refractivity contribution in [1.82, 2.24) is 0 Å². The van der Waals surface area contributed by atoms with E-state index in [9.17, 15) is 14.7 Å². The maximum absolute atomic E-state index is 11.9. The van der Waals surface area contributed by atoms with Crippen LogP contribution in [0.15, 0.2) is 12.2 Å². The maximum atomic E-state index is 11.9. The summed E-state index contributed by atoms with van der Waals surface area (Å²) in [7, 11) is 0. The van der Waals surface area contributed by atoms with Gasteiger partial charge in [0.1, 0.15) is 6.10 Å². The largest absolute Gasteiger partial charge is 0.465 e. The summed E-state index contributed by atoms with van der Waals surface area (Å²) in [5.74, 6) is 0.227. The lowest BCUT2D eigenvalue weighted by Crippen LogP contribution is -2.63. The average Bonchev–Trinajstić information content (AvgIpc) is 2.75. The first kappa shape index (κ1) is 20.9. The van der Waals surface area contributed by atoms with Gasteiger partial charge in [0, 0.05) is 30.6 Å². The van der Waals surface area contributed by atoms with Gasteiger partial charge in [-0.2, -0.15) is 0 Å². The van der Waals surface area contributed by atoms with E-state index in [0.29, 0.717) is 12.5 Å². The molecular formula is C24H36O5. The number of rotatable bonds is 3. The maximum Gasteiger partial charge on any atom is 0.303 e. The quantitative estimate of drug-likeness (QED) is 0.568. The fourth-order valence-electron chi connectivity index (χ4n) is 8.31. The minimum absolute atomic E-state index is 0.0281. The minimum Gasteiger partial charge on any atom is -0.465 e.